The standard InChI is InChI=1S/C17H22N2O6S/c1-14-2-4-15(5-3-14)26(23,24)19-10-8-18(9-11-19)12-13-25-17(22)7-6-16(20)21/h2-7H,8-13H2,1H3,(H,20,21)/b7-6-. The summed E-state index contributed by atoms with van der Waals surface area (Å²) in [5, 5.41) is 8.42. The average molecular weight is 382 g/mol. The van der Waals surface area contributed by atoms with Crippen LogP contribution in [-0.4, -0.2) is 74.0 Å². The maximum absolute atomic E-state index is 12.6. The molecule has 1 aliphatic heterocycles. The van der Waals surface area contributed by atoms with Gasteiger partial charge in [0.15, 0.2) is 0 Å². The van der Waals surface area contributed by atoms with Crippen LogP contribution in [0.15, 0.2) is 41.3 Å². The summed E-state index contributed by atoms with van der Waals surface area (Å²) in [4.78, 5) is 23.9. The lowest BCUT2D eigenvalue weighted by atomic mass is 10.2. The van der Waals surface area contributed by atoms with E-state index in [1.165, 1.54) is 4.31 Å². The Hall–Kier alpha value is -2.23. The van der Waals surface area contributed by atoms with E-state index in [0.29, 0.717) is 32.7 Å². The van der Waals surface area contributed by atoms with Gasteiger partial charge in [-0.1, -0.05) is 17.7 Å². The summed E-state index contributed by atoms with van der Waals surface area (Å²) >= 11 is 0. The molecular weight excluding hydrogens is 360 g/mol. The number of benzene rings is 1. The average Bonchev–Trinajstić information content (AvgIpc) is 2.61. The first kappa shape index (κ1) is 20.1. The van der Waals surface area contributed by atoms with Crippen molar-refractivity contribution in [1.29, 1.82) is 0 Å². The van der Waals surface area contributed by atoms with E-state index in [9.17, 15) is 18.0 Å². The molecule has 0 atom stereocenters. The molecule has 0 aliphatic carbocycles. The summed E-state index contributed by atoms with van der Waals surface area (Å²) in [5.41, 5.74) is 1.00. The highest BCUT2D eigenvalue weighted by Gasteiger charge is 2.28. The number of hydrogen-bond acceptors (Lipinski definition) is 6. The lowest BCUT2D eigenvalue weighted by Crippen LogP contribution is -2.49. The number of carboxylic acid groups (broad SMARTS) is 1. The first-order chi connectivity index (χ1) is 12.3. The van der Waals surface area contributed by atoms with Crippen molar-refractivity contribution in [2.24, 2.45) is 0 Å². The third-order valence-corrected chi connectivity index (χ3v) is 5.92. The van der Waals surface area contributed by atoms with Crippen molar-refractivity contribution < 1.29 is 27.9 Å². The predicted molar refractivity (Wildman–Crippen MR) is 94.1 cm³/mol. The van der Waals surface area contributed by atoms with Crippen LogP contribution in [-0.2, 0) is 24.3 Å². The molecule has 1 N–H and O–H groups in total. The molecule has 0 amide bonds. The first-order valence-corrected chi connectivity index (χ1v) is 9.60. The van der Waals surface area contributed by atoms with Crippen LogP contribution < -0.4 is 0 Å². The molecule has 0 radical (unpaired) electrons. The predicted octanol–water partition coefficient (Wildman–Crippen LogP) is 0.485. The summed E-state index contributed by atoms with van der Waals surface area (Å²) in [6.07, 6.45) is 1.57. The van der Waals surface area contributed by atoms with E-state index in [1.54, 1.807) is 24.3 Å². The molecule has 0 unspecified atom stereocenters. The fourth-order valence-corrected chi connectivity index (χ4v) is 3.94. The molecule has 1 aromatic carbocycles. The van der Waals surface area contributed by atoms with Gasteiger partial charge in [-0.05, 0) is 19.1 Å². The Morgan fingerprint density at radius 1 is 1.12 bits per heavy atom. The van der Waals surface area contributed by atoms with Crippen LogP contribution in [0.5, 0.6) is 0 Å². The van der Waals surface area contributed by atoms with Crippen LogP contribution in [0.3, 0.4) is 0 Å². The number of piperazine rings is 1. The molecule has 1 fully saturated rings. The normalized spacial score (nSPS) is 16.7. The minimum absolute atomic E-state index is 0.119. The van der Waals surface area contributed by atoms with Gasteiger partial charge in [0, 0.05) is 44.9 Å². The molecule has 0 spiro atoms. The van der Waals surface area contributed by atoms with Crippen molar-refractivity contribution in [3.05, 3.63) is 42.0 Å². The lowest BCUT2D eigenvalue weighted by Gasteiger charge is -2.33. The molecule has 2 rings (SSSR count). The number of rotatable bonds is 7. The summed E-state index contributed by atoms with van der Waals surface area (Å²) < 4.78 is 31.6. The number of carbonyl (C=O) groups excluding carboxylic acids is 1. The van der Waals surface area contributed by atoms with E-state index < -0.39 is 22.0 Å². The van der Waals surface area contributed by atoms with Crippen LogP contribution in [0, 0.1) is 6.92 Å². The zero-order chi connectivity index (χ0) is 19.2. The van der Waals surface area contributed by atoms with Gasteiger partial charge in [-0.25, -0.2) is 18.0 Å². The second kappa shape index (κ2) is 8.93. The van der Waals surface area contributed by atoms with Gasteiger partial charge in [-0.15, -0.1) is 0 Å². The number of nitrogens with zero attached hydrogens (tertiary/aromatic N) is 2. The number of sulfonamides is 1. The molecule has 26 heavy (non-hydrogen) atoms. The van der Waals surface area contributed by atoms with E-state index >= 15 is 0 Å². The second-order valence-corrected chi connectivity index (χ2v) is 7.84. The van der Waals surface area contributed by atoms with Gasteiger partial charge in [0.1, 0.15) is 6.61 Å². The van der Waals surface area contributed by atoms with Crippen molar-refractivity contribution in [1.82, 2.24) is 9.21 Å². The molecule has 1 heterocycles. The number of aryl methyl sites for hydroxylation is 1. The SMILES string of the molecule is Cc1ccc(S(=O)(=O)N2CCN(CCOC(=O)/C=C\C(=O)O)CC2)cc1. The molecule has 0 saturated carbocycles. The number of carbonyl (C=O) groups is 2. The number of esters is 1. The Balaban J connectivity index is 1.79. The zero-order valence-corrected chi connectivity index (χ0v) is 15.3. The highest BCUT2D eigenvalue weighted by atomic mass is 32.2. The molecule has 8 nitrogen and oxygen atoms in total. The number of hydrogen-bond donors (Lipinski definition) is 1. The highest BCUT2D eigenvalue weighted by molar-refractivity contribution is 7.89. The van der Waals surface area contributed by atoms with Gasteiger partial charge in [0.25, 0.3) is 0 Å². The van der Waals surface area contributed by atoms with Gasteiger partial charge < -0.3 is 9.84 Å². The zero-order valence-electron chi connectivity index (χ0n) is 14.5. The monoisotopic (exact) mass is 382 g/mol. The van der Waals surface area contributed by atoms with Crippen LogP contribution in [0.25, 0.3) is 0 Å². The molecule has 142 valence electrons. The second-order valence-electron chi connectivity index (χ2n) is 5.90. The Labute approximate surface area is 152 Å². The summed E-state index contributed by atoms with van der Waals surface area (Å²) in [6, 6.07) is 6.77. The van der Waals surface area contributed by atoms with Gasteiger partial charge in [-0.3, -0.25) is 4.90 Å². The van der Waals surface area contributed by atoms with Gasteiger partial charge in [0.05, 0.1) is 4.90 Å². The van der Waals surface area contributed by atoms with Crippen LogP contribution in [0.2, 0.25) is 0 Å². The maximum Gasteiger partial charge on any atom is 0.331 e. The van der Waals surface area contributed by atoms with Crippen molar-refractivity contribution in [3.8, 4) is 0 Å². The highest BCUT2D eigenvalue weighted by Crippen LogP contribution is 2.18. The maximum atomic E-state index is 12.6. The lowest BCUT2D eigenvalue weighted by molar-refractivity contribution is -0.139. The molecule has 1 aliphatic rings. The minimum Gasteiger partial charge on any atom is -0.478 e. The fraction of sp³-hybridized carbons (Fsp3) is 0.412. The molecule has 1 saturated heterocycles. The van der Waals surface area contributed by atoms with E-state index in [1.807, 2.05) is 11.8 Å². The molecular formula is C17H22N2O6S. The minimum atomic E-state index is -3.50. The Morgan fingerprint density at radius 2 is 1.73 bits per heavy atom. The van der Waals surface area contributed by atoms with Crippen LogP contribution in [0.4, 0.5) is 0 Å². The quantitative estimate of drug-likeness (QED) is 0.540. The number of carboxylic acids is 1. The van der Waals surface area contributed by atoms with E-state index in [2.05, 4.69) is 0 Å². The van der Waals surface area contributed by atoms with E-state index in [0.717, 1.165) is 17.7 Å². The van der Waals surface area contributed by atoms with Crippen molar-refractivity contribution >= 4 is 22.0 Å². The van der Waals surface area contributed by atoms with E-state index in [4.69, 9.17) is 9.84 Å². The van der Waals surface area contributed by atoms with Gasteiger partial charge >= 0.3 is 11.9 Å². The number of aliphatic carboxylic acids is 1. The molecule has 0 bridgehead atoms. The van der Waals surface area contributed by atoms with Crippen molar-refractivity contribution in [3.63, 3.8) is 0 Å². The summed E-state index contributed by atoms with van der Waals surface area (Å²) in [6.45, 7) is 4.28. The van der Waals surface area contributed by atoms with Crippen LogP contribution in [0.1, 0.15) is 5.56 Å². The summed E-state index contributed by atoms with van der Waals surface area (Å²) in [5.74, 6) is -1.93. The fourth-order valence-electron chi connectivity index (χ4n) is 2.52. The van der Waals surface area contributed by atoms with Crippen LogP contribution >= 0.6 is 0 Å². The Morgan fingerprint density at radius 3 is 2.31 bits per heavy atom. The smallest absolute Gasteiger partial charge is 0.331 e. The third-order valence-electron chi connectivity index (χ3n) is 4.00. The molecule has 1 aromatic rings. The summed E-state index contributed by atoms with van der Waals surface area (Å²) in [7, 11) is -3.50. The first-order valence-electron chi connectivity index (χ1n) is 8.16. The van der Waals surface area contributed by atoms with Gasteiger partial charge in [-0.2, -0.15) is 4.31 Å². The molecule has 9 heteroatoms. The van der Waals surface area contributed by atoms with Crippen molar-refractivity contribution in [2.45, 2.75) is 11.8 Å². The van der Waals surface area contributed by atoms with E-state index in [-0.39, 0.29) is 11.5 Å². The Kier molecular flexibility index (Phi) is 6.90. The third kappa shape index (κ3) is 5.65. The number of ether oxygens (including phenoxy) is 1. The largest absolute Gasteiger partial charge is 0.478 e. The topological polar surface area (TPSA) is 104 Å². The van der Waals surface area contributed by atoms with Gasteiger partial charge in [0.2, 0.25) is 10.0 Å². The molecule has 0 aromatic heterocycles. The Bertz CT molecular complexity index is 765. The van der Waals surface area contributed by atoms with Crippen molar-refractivity contribution in [2.75, 3.05) is 39.3 Å².